The fourth-order valence-electron chi connectivity index (χ4n) is 11.4. The summed E-state index contributed by atoms with van der Waals surface area (Å²) in [5.41, 5.74) is 0. The first-order chi connectivity index (χ1) is 38.0. The number of carbonyl (C=O) groups excluding carboxylic acids is 2. The van der Waals surface area contributed by atoms with Crippen LogP contribution in [0.15, 0.2) is 12.2 Å². The number of hydrogen-bond donors (Lipinski definition) is 3. The quantitative estimate of drug-likeness (QED) is 0.0320. The Morgan fingerprint density at radius 3 is 0.883 bits per heavy atom. The molecule has 0 saturated carbocycles. The lowest BCUT2D eigenvalue weighted by Crippen LogP contribution is -2.45. The third kappa shape index (κ3) is 63.6. The molecule has 2 atom stereocenters. The van der Waals surface area contributed by atoms with E-state index in [2.05, 4.69) is 19.2 Å². The summed E-state index contributed by atoms with van der Waals surface area (Å²) in [5, 5.41) is 23.0. The molecule has 0 aliphatic rings. The minimum Gasteiger partial charge on any atom is -0.466 e. The molecule has 0 bridgehead atoms. The van der Waals surface area contributed by atoms with E-state index >= 15 is 0 Å². The number of amides is 1. The molecule has 0 heterocycles. The normalized spacial score (nSPS) is 12.5. The highest BCUT2D eigenvalue weighted by Crippen LogP contribution is 2.19. The van der Waals surface area contributed by atoms with E-state index in [1.165, 1.54) is 340 Å². The maximum Gasteiger partial charge on any atom is 0.305 e. The van der Waals surface area contributed by atoms with Crippen LogP contribution in [-0.4, -0.2) is 47.4 Å². The van der Waals surface area contributed by atoms with Gasteiger partial charge in [-0.3, -0.25) is 9.59 Å². The van der Waals surface area contributed by atoms with Crippen LogP contribution < -0.4 is 5.32 Å². The molecule has 2 unspecified atom stereocenters. The summed E-state index contributed by atoms with van der Waals surface area (Å²) in [7, 11) is 0. The summed E-state index contributed by atoms with van der Waals surface area (Å²) in [4.78, 5) is 24.5. The molecule has 0 aliphatic heterocycles. The van der Waals surface area contributed by atoms with Crippen molar-refractivity contribution < 1.29 is 24.5 Å². The van der Waals surface area contributed by atoms with Gasteiger partial charge in [-0.2, -0.15) is 0 Å². The number of rotatable bonds is 67. The van der Waals surface area contributed by atoms with E-state index in [1.807, 2.05) is 6.08 Å². The highest BCUT2D eigenvalue weighted by Gasteiger charge is 2.18. The fraction of sp³-hybridized carbons (Fsp3) is 0.944. The second-order valence-corrected chi connectivity index (χ2v) is 24.6. The summed E-state index contributed by atoms with van der Waals surface area (Å²) in [5.74, 6) is -0.0373. The Bertz CT molecular complexity index is 1160. The lowest BCUT2D eigenvalue weighted by molar-refractivity contribution is -0.143. The highest BCUT2D eigenvalue weighted by molar-refractivity contribution is 5.76. The van der Waals surface area contributed by atoms with E-state index < -0.39 is 12.1 Å². The number of aliphatic hydroxyl groups excluding tert-OH is 2. The Morgan fingerprint density at radius 1 is 0.351 bits per heavy atom. The number of carbonyl (C=O) groups is 2. The van der Waals surface area contributed by atoms with E-state index in [9.17, 15) is 19.8 Å². The smallest absolute Gasteiger partial charge is 0.305 e. The van der Waals surface area contributed by atoms with Gasteiger partial charge in [0.25, 0.3) is 0 Å². The predicted molar refractivity (Wildman–Crippen MR) is 338 cm³/mol. The van der Waals surface area contributed by atoms with Crippen LogP contribution in [-0.2, 0) is 14.3 Å². The topological polar surface area (TPSA) is 95.9 Å². The second kappa shape index (κ2) is 67.1. The van der Waals surface area contributed by atoms with Gasteiger partial charge in [0.15, 0.2) is 0 Å². The molecule has 6 nitrogen and oxygen atoms in total. The van der Waals surface area contributed by atoms with Gasteiger partial charge in [0.05, 0.1) is 25.4 Å². The second-order valence-electron chi connectivity index (χ2n) is 24.6. The van der Waals surface area contributed by atoms with Crippen molar-refractivity contribution in [2.45, 2.75) is 418 Å². The Labute approximate surface area is 482 Å². The molecule has 6 heteroatoms. The van der Waals surface area contributed by atoms with Gasteiger partial charge < -0.3 is 20.3 Å². The van der Waals surface area contributed by atoms with Crippen molar-refractivity contribution in [2.75, 3.05) is 13.2 Å². The molecule has 0 fully saturated rings. The zero-order valence-electron chi connectivity index (χ0n) is 52.5. The fourth-order valence-corrected chi connectivity index (χ4v) is 11.4. The lowest BCUT2D eigenvalue weighted by Gasteiger charge is -2.20. The summed E-state index contributed by atoms with van der Waals surface area (Å²) in [6, 6.07) is -0.621. The Kier molecular flexibility index (Phi) is 65.9. The number of allylic oxidation sites excluding steroid dienone is 1. The third-order valence-corrected chi connectivity index (χ3v) is 16.8. The van der Waals surface area contributed by atoms with Gasteiger partial charge in [-0.1, -0.05) is 373 Å². The molecule has 1 amide bonds. The molecule has 77 heavy (non-hydrogen) atoms. The van der Waals surface area contributed by atoms with Crippen LogP contribution in [0.2, 0.25) is 0 Å². The van der Waals surface area contributed by atoms with Crippen molar-refractivity contribution in [3.63, 3.8) is 0 Å². The van der Waals surface area contributed by atoms with Crippen molar-refractivity contribution in [3.05, 3.63) is 12.2 Å². The maximum absolute atomic E-state index is 12.4. The molecular formula is C71H139NO5. The van der Waals surface area contributed by atoms with Crippen molar-refractivity contribution in [1.29, 1.82) is 0 Å². The van der Waals surface area contributed by atoms with Crippen LogP contribution in [0.25, 0.3) is 0 Å². The minimum absolute atomic E-state index is 0.0266. The first-order valence-electron chi connectivity index (χ1n) is 35.5. The number of ether oxygens (including phenoxy) is 1. The van der Waals surface area contributed by atoms with Crippen LogP contribution >= 0.6 is 0 Å². The predicted octanol–water partition coefficient (Wildman–Crippen LogP) is 22.8. The number of unbranched alkanes of at least 4 members (excludes halogenated alkanes) is 56. The highest BCUT2D eigenvalue weighted by atomic mass is 16.5. The first kappa shape index (κ1) is 75.6. The Morgan fingerprint density at radius 2 is 0.597 bits per heavy atom. The zero-order chi connectivity index (χ0) is 55.7. The van der Waals surface area contributed by atoms with Crippen LogP contribution in [0.1, 0.15) is 406 Å². The van der Waals surface area contributed by atoms with Crippen molar-refractivity contribution in [1.82, 2.24) is 5.32 Å². The van der Waals surface area contributed by atoms with Crippen LogP contribution in [0.5, 0.6) is 0 Å². The summed E-state index contributed by atoms with van der Waals surface area (Å²) in [6.45, 7) is 4.92. The minimum atomic E-state index is -0.838. The van der Waals surface area contributed by atoms with E-state index in [0.717, 1.165) is 38.5 Å². The van der Waals surface area contributed by atoms with Crippen molar-refractivity contribution in [2.24, 2.45) is 0 Å². The largest absolute Gasteiger partial charge is 0.466 e. The van der Waals surface area contributed by atoms with Crippen molar-refractivity contribution in [3.8, 4) is 0 Å². The van der Waals surface area contributed by atoms with Gasteiger partial charge >= 0.3 is 5.97 Å². The number of hydrogen-bond acceptors (Lipinski definition) is 5. The van der Waals surface area contributed by atoms with Gasteiger partial charge in [-0.25, -0.2) is 0 Å². The zero-order valence-corrected chi connectivity index (χ0v) is 52.5. The SMILES string of the molecule is CCCCCCCCC/C=C/C(O)C(CO)NC(=O)CCCCCCCCCCCCCCCCCCCCCCCCCCCCCCCCCCCOC(=O)CCCCCCCCCCCCCCCCCCCC. The molecule has 0 radical (unpaired) electrons. The number of aliphatic hydroxyl groups is 2. The first-order valence-corrected chi connectivity index (χ1v) is 35.5. The third-order valence-electron chi connectivity index (χ3n) is 16.8. The molecule has 0 spiro atoms. The Balaban J connectivity index is 3.27. The monoisotopic (exact) mass is 1090 g/mol. The van der Waals surface area contributed by atoms with Gasteiger partial charge in [-0.15, -0.1) is 0 Å². The van der Waals surface area contributed by atoms with E-state index in [0.29, 0.717) is 19.4 Å². The van der Waals surface area contributed by atoms with Crippen LogP contribution in [0, 0.1) is 0 Å². The molecule has 0 aliphatic carbocycles. The molecular weight excluding hydrogens is 947 g/mol. The van der Waals surface area contributed by atoms with Gasteiger partial charge in [0, 0.05) is 12.8 Å². The Hall–Kier alpha value is -1.40. The average Bonchev–Trinajstić information content (AvgIpc) is 3.43. The van der Waals surface area contributed by atoms with Gasteiger partial charge in [0.2, 0.25) is 5.91 Å². The molecule has 3 N–H and O–H groups in total. The van der Waals surface area contributed by atoms with E-state index in [4.69, 9.17) is 4.74 Å². The molecule has 0 rings (SSSR count). The van der Waals surface area contributed by atoms with E-state index in [1.54, 1.807) is 6.08 Å². The van der Waals surface area contributed by atoms with Gasteiger partial charge in [-0.05, 0) is 32.1 Å². The lowest BCUT2D eigenvalue weighted by atomic mass is 10.0. The molecule has 458 valence electrons. The standard InChI is InChI=1S/C71H139NO5/c1-3-5-7-9-11-13-14-15-16-17-36-39-42-45-49-53-57-61-65-71(76)77-66-62-58-54-50-46-43-40-37-34-32-30-28-26-24-22-20-18-19-21-23-25-27-29-31-33-35-38-41-44-48-52-56-60-64-70(75)72-68(67-73)69(74)63-59-55-51-47-12-10-8-6-4-2/h59,63,68-69,73-74H,3-58,60-62,64-67H2,1-2H3,(H,72,75)/b63-59+. The molecule has 0 saturated heterocycles. The van der Waals surface area contributed by atoms with Crippen LogP contribution in [0.4, 0.5) is 0 Å². The molecule has 0 aromatic heterocycles. The molecule has 0 aromatic carbocycles. The summed E-state index contributed by atoms with van der Waals surface area (Å²) >= 11 is 0. The number of nitrogens with one attached hydrogen (secondary N) is 1. The van der Waals surface area contributed by atoms with E-state index in [-0.39, 0.29) is 18.5 Å². The van der Waals surface area contributed by atoms with Crippen LogP contribution in [0.3, 0.4) is 0 Å². The summed E-state index contributed by atoms with van der Waals surface area (Å²) < 4.78 is 5.51. The summed E-state index contributed by atoms with van der Waals surface area (Å²) in [6.07, 6.45) is 83.2. The average molecular weight is 1090 g/mol. The number of esters is 1. The van der Waals surface area contributed by atoms with Crippen molar-refractivity contribution >= 4 is 11.9 Å². The van der Waals surface area contributed by atoms with Gasteiger partial charge in [0.1, 0.15) is 0 Å². The molecule has 0 aromatic rings. The maximum atomic E-state index is 12.4.